The van der Waals surface area contributed by atoms with E-state index in [4.69, 9.17) is 34.0 Å². The first-order valence-corrected chi connectivity index (χ1v) is 6.63. The van der Waals surface area contributed by atoms with Crippen molar-refractivity contribution in [1.82, 2.24) is 0 Å². The summed E-state index contributed by atoms with van der Waals surface area (Å²) in [6.45, 7) is 2.13. The molecule has 0 aliphatic carbocycles. The van der Waals surface area contributed by atoms with Crippen molar-refractivity contribution in [2.45, 2.75) is 25.7 Å². The van der Waals surface area contributed by atoms with Crippen molar-refractivity contribution in [3.8, 4) is 0 Å². The zero-order valence-electron chi connectivity index (χ0n) is 10.2. The van der Waals surface area contributed by atoms with E-state index in [1.54, 1.807) is 18.2 Å². The third kappa shape index (κ3) is 3.87. The van der Waals surface area contributed by atoms with Gasteiger partial charge >= 0.3 is 5.97 Å². The van der Waals surface area contributed by atoms with Crippen molar-refractivity contribution < 1.29 is 9.90 Å². The SMILES string of the molecule is CCC(CC(CN)C(=O)O)c1cc(Cl)ccc1Cl. The van der Waals surface area contributed by atoms with Crippen LogP contribution in [0.1, 0.15) is 31.2 Å². The van der Waals surface area contributed by atoms with E-state index in [-0.39, 0.29) is 12.5 Å². The Kier molecular flexibility index (Phi) is 5.93. The number of hydrogen-bond acceptors (Lipinski definition) is 2. The summed E-state index contributed by atoms with van der Waals surface area (Å²) in [6, 6.07) is 5.26. The van der Waals surface area contributed by atoms with E-state index in [9.17, 15) is 4.79 Å². The number of rotatable bonds is 6. The van der Waals surface area contributed by atoms with Crippen LogP contribution in [0.5, 0.6) is 0 Å². The average Bonchev–Trinajstić information content (AvgIpc) is 2.34. The minimum Gasteiger partial charge on any atom is -0.481 e. The molecule has 3 nitrogen and oxygen atoms in total. The fourth-order valence-electron chi connectivity index (χ4n) is 1.98. The van der Waals surface area contributed by atoms with Gasteiger partial charge in [0.25, 0.3) is 0 Å². The Hall–Kier alpha value is -0.770. The fraction of sp³-hybridized carbons (Fsp3) is 0.462. The van der Waals surface area contributed by atoms with Crippen LogP contribution in [-0.4, -0.2) is 17.6 Å². The molecule has 1 aromatic carbocycles. The van der Waals surface area contributed by atoms with E-state index in [0.717, 1.165) is 12.0 Å². The molecular formula is C13H17Cl2NO2. The second-order valence-corrected chi connectivity index (χ2v) is 5.12. The highest BCUT2D eigenvalue weighted by atomic mass is 35.5. The standard InChI is InChI=1S/C13H17Cl2NO2/c1-2-8(5-9(7-16)13(17)18)11-6-10(14)3-4-12(11)15/h3-4,6,8-9H,2,5,7,16H2,1H3,(H,17,18). The van der Waals surface area contributed by atoms with Crippen LogP contribution in [-0.2, 0) is 4.79 Å². The minimum absolute atomic E-state index is 0.0563. The third-order valence-electron chi connectivity index (χ3n) is 3.09. The molecule has 0 saturated carbocycles. The molecular weight excluding hydrogens is 273 g/mol. The Morgan fingerprint density at radius 2 is 2.11 bits per heavy atom. The zero-order valence-corrected chi connectivity index (χ0v) is 11.7. The molecule has 2 unspecified atom stereocenters. The zero-order chi connectivity index (χ0) is 13.7. The maximum Gasteiger partial charge on any atom is 0.307 e. The predicted molar refractivity (Wildman–Crippen MR) is 74.3 cm³/mol. The highest BCUT2D eigenvalue weighted by Crippen LogP contribution is 2.33. The normalized spacial score (nSPS) is 14.2. The highest BCUT2D eigenvalue weighted by Gasteiger charge is 2.23. The first kappa shape index (κ1) is 15.3. The van der Waals surface area contributed by atoms with Gasteiger partial charge in [0.15, 0.2) is 0 Å². The van der Waals surface area contributed by atoms with Crippen molar-refractivity contribution >= 4 is 29.2 Å². The molecule has 0 heterocycles. The van der Waals surface area contributed by atoms with Gasteiger partial charge in [0, 0.05) is 16.6 Å². The van der Waals surface area contributed by atoms with E-state index in [1.807, 2.05) is 6.92 Å². The fourth-order valence-corrected chi connectivity index (χ4v) is 2.43. The molecule has 0 aromatic heterocycles. The molecule has 1 rings (SSSR count). The van der Waals surface area contributed by atoms with Gasteiger partial charge in [-0.05, 0) is 42.5 Å². The van der Waals surface area contributed by atoms with Crippen molar-refractivity contribution in [2.75, 3.05) is 6.54 Å². The Labute approximate surface area is 117 Å². The monoisotopic (exact) mass is 289 g/mol. The molecule has 0 fully saturated rings. The molecule has 2 atom stereocenters. The molecule has 5 heteroatoms. The van der Waals surface area contributed by atoms with Crippen molar-refractivity contribution in [1.29, 1.82) is 0 Å². The van der Waals surface area contributed by atoms with Crippen LogP contribution in [0.2, 0.25) is 10.0 Å². The summed E-state index contributed by atoms with van der Waals surface area (Å²) in [5.74, 6) is -1.36. The number of nitrogens with two attached hydrogens (primary N) is 1. The van der Waals surface area contributed by atoms with Gasteiger partial charge < -0.3 is 10.8 Å². The van der Waals surface area contributed by atoms with E-state index in [2.05, 4.69) is 0 Å². The number of carboxylic acid groups (broad SMARTS) is 1. The smallest absolute Gasteiger partial charge is 0.307 e. The molecule has 0 radical (unpaired) electrons. The second kappa shape index (κ2) is 6.98. The summed E-state index contributed by atoms with van der Waals surface area (Å²) < 4.78 is 0. The lowest BCUT2D eigenvalue weighted by molar-refractivity contribution is -0.141. The van der Waals surface area contributed by atoms with Crippen LogP contribution in [0, 0.1) is 5.92 Å². The summed E-state index contributed by atoms with van der Waals surface area (Å²) in [5, 5.41) is 10.3. The van der Waals surface area contributed by atoms with Crippen LogP contribution in [0.25, 0.3) is 0 Å². The van der Waals surface area contributed by atoms with E-state index < -0.39 is 11.9 Å². The summed E-state index contributed by atoms with van der Waals surface area (Å²) in [7, 11) is 0. The maximum atomic E-state index is 11.0. The van der Waals surface area contributed by atoms with Crippen LogP contribution in [0.15, 0.2) is 18.2 Å². The van der Waals surface area contributed by atoms with Crippen molar-refractivity contribution in [3.63, 3.8) is 0 Å². The Balaban J connectivity index is 2.95. The summed E-state index contributed by atoms with van der Waals surface area (Å²) in [5.41, 5.74) is 6.38. The number of halogens is 2. The molecule has 0 amide bonds. The van der Waals surface area contributed by atoms with E-state index >= 15 is 0 Å². The lowest BCUT2D eigenvalue weighted by Gasteiger charge is -2.20. The van der Waals surface area contributed by atoms with E-state index in [0.29, 0.717) is 16.5 Å². The first-order chi connectivity index (χ1) is 8.49. The number of hydrogen-bond donors (Lipinski definition) is 2. The predicted octanol–water partition coefficient (Wildman–Crippen LogP) is 3.54. The highest BCUT2D eigenvalue weighted by molar-refractivity contribution is 6.33. The van der Waals surface area contributed by atoms with E-state index in [1.165, 1.54) is 0 Å². The first-order valence-electron chi connectivity index (χ1n) is 5.87. The third-order valence-corrected chi connectivity index (χ3v) is 3.67. The molecule has 0 spiro atoms. The van der Waals surface area contributed by atoms with Crippen LogP contribution in [0.4, 0.5) is 0 Å². The summed E-state index contributed by atoms with van der Waals surface area (Å²) in [6.07, 6.45) is 1.27. The van der Waals surface area contributed by atoms with Gasteiger partial charge in [0.2, 0.25) is 0 Å². The van der Waals surface area contributed by atoms with Gasteiger partial charge in [-0.3, -0.25) is 4.79 Å². The molecule has 0 aliphatic rings. The van der Waals surface area contributed by atoms with Crippen LogP contribution < -0.4 is 5.73 Å². The van der Waals surface area contributed by atoms with Gasteiger partial charge in [-0.1, -0.05) is 30.1 Å². The number of carboxylic acids is 1. The number of benzene rings is 1. The number of aliphatic carboxylic acids is 1. The van der Waals surface area contributed by atoms with Gasteiger partial charge in [-0.2, -0.15) is 0 Å². The van der Waals surface area contributed by atoms with Crippen molar-refractivity contribution in [2.24, 2.45) is 11.7 Å². The van der Waals surface area contributed by atoms with Crippen molar-refractivity contribution in [3.05, 3.63) is 33.8 Å². The molecule has 3 N–H and O–H groups in total. The maximum absolute atomic E-state index is 11.0. The summed E-state index contributed by atoms with van der Waals surface area (Å²) in [4.78, 5) is 11.0. The second-order valence-electron chi connectivity index (χ2n) is 4.28. The Morgan fingerprint density at radius 3 is 2.61 bits per heavy atom. The quantitative estimate of drug-likeness (QED) is 0.842. The minimum atomic E-state index is -0.867. The Bertz CT molecular complexity index is 423. The molecule has 0 bridgehead atoms. The van der Waals surface area contributed by atoms with Gasteiger partial charge in [0.1, 0.15) is 0 Å². The topological polar surface area (TPSA) is 63.3 Å². The molecule has 18 heavy (non-hydrogen) atoms. The summed E-state index contributed by atoms with van der Waals surface area (Å²) >= 11 is 12.1. The Morgan fingerprint density at radius 1 is 1.44 bits per heavy atom. The van der Waals surface area contributed by atoms with Gasteiger partial charge in [-0.15, -0.1) is 0 Å². The number of carbonyl (C=O) groups is 1. The molecule has 100 valence electrons. The average molecular weight is 290 g/mol. The lowest BCUT2D eigenvalue weighted by atomic mass is 9.87. The molecule has 0 aliphatic heterocycles. The largest absolute Gasteiger partial charge is 0.481 e. The lowest BCUT2D eigenvalue weighted by Crippen LogP contribution is -2.25. The van der Waals surface area contributed by atoms with Gasteiger partial charge in [0.05, 0.1) is 5.92 Å². The molecule has 1 aromatic rings. The van der Waals surface area contributed by atoms with Crippen LogP contribution >= 0.6 is 23.2 Å². The van der Waals surface area contributed by atoms with Crippen LogP contribution in [0.3, 0.4) is 0 Å². The molecule has 0 saturated heterocycles. The van der Waals surface area contributed by atoms with Gasteiger partial charge in [-0.25, -0.2) is 0 Å².